The number of methoxy groups -OCH3 is 1. The standard InChI is InChI=1S/C14H18BrF2NO2/c1-18-13(14(19-2)5-7-20-8-6-14)11-10(16)4-3-9(15)12(11)17/h3-4,13,18H,5-8H2,1-2H3. The number of halogens is 3. The Bertz CT molecular complexity index is 478. The molecule has 1 aromatic carbocycles. The van der Waals surface area contributed by atoms with Gasteiger partial charge in [-0.2, -0.15) is 0 Å². The van der Waals surface area contributed by atoms with Gasteiger partial charge in [-0.05, 0) is 35.1 Å². The van der Waals surface area contributed by atoms with Gasteiger partial charge < -0.3 is 14.8 Å². The van der Waals surface area contributed by atoms with Crippen LogP contribution in [0.25, 0.3) is 0 Å². The third-order valence-electron chi connectivity index (χ3n) is 3.93. The summed E-state index contributed by atoms with van der Waals surface area (Å²) in [6.07, 6.45) is 1.17. The van der Waals surface area contributed by atoms with E-state index < -0.39 is 23.3 Å². The highest BCUT2D eigenvalue weighted by Crippen LogP contribution is 2.40. The van der Waals surface area contributed by atoms with E-state index in [0.29, 0.717) is 26.1 Å². The molecular formula is C14H18BrF2NO2. The first-order valence-electron chi connectivity index (χ1n) is 6.49. The summed E-state index contributed by atoms with van der Waals surface area (Å²) in [4.78, 5) is 0. The third kappa shape index (κ3) is 2.74. The summed E-state index contributed by atoms with van der Waals surface area (Å²) < 4.78 is 39.7. The maximum absolute atomic E-state index is 14.3. The van der Waals surface area contributed by atoms with Gasteiger partial charge >= 0.3 is 0 Å². The van der Waals surface area contributed by atoms with Crippen molar-refractivity contribution >= 4 is 15.9 Å². The minimum absolute atomic E-state index is 0.00521. The Kier molecular flexibility index (Phi) is 5.12. The molecule has 3 nitrogen and oxygen atoms in total. The molecule has 0 bridgehead atoms. The van der Waals surface area contributed by atoms with E-state index in [9.17, 15) is 8.78 Å². The lowest BCUT2D eigenvalue weighted by Gasteiger charge is -2.42. The molecule has 0 aromatic heterocycles. The van der Waals surface area contributed by atoms with Crippen molar-refractivity contribution in [3.8, 4) is 0 Å². The van der Waals surface area contributed by atoms with Crippen molar-refractivity contribution in [1.29, 1.82) is 0 Å². The molecule has 0 radical (unpaired) electrons. The van der Waals surface area contributed by atoms with Crippen LogP contribution >= 0.6 is 15.9 Å². The van der Waals surface area contributed by atoms with Crippen molar-refractivity contribution in [2.24, 2.45) is 0 Å². The Hall–Kier alpha value is -0.560. The van der Waals surface area contributed by atoms with Crippen LogP contribution < -0.4 is 5.32 Å². The van der Waals surface area contributed by atoms with Crippen LogP contribution in [0.2, 0.25) is 0 Å². The van der Waals surface area contributed by atoms with E-state index in [1.54, 1.807) is 14.2 Å². The Morgan fingerprint density at radius 3 is 2.55 bits per heavy atom. The van der Waals surface area contributed by atoms with Crippen molar-refractivity contribution in [2.45, 2.75) is 24.5 Å². The SMILES string of the molecule is CNC(c1c(F)ccc(Br)c1F)C1(OC)CCOCC1. The Balaban J connectivity index is 2.49. The molecule has 2 rings (SSSR count). The van der Waals surface area contributed by atoms with Crippen molar-refractivity contribution in [3.63, 3.8) is 0 Å². The van der Waals surface area contributed by atoms with Gasteiger partial charge in [-0.15, -0.1) is 0 Å². The smallest absolute Gasteiger partial charge is 0.145 e. The van der Waals surface area contributed by atoms with Crippen molar-refractivity contribution in [2.75, 3.05) is 27.4 Å². The lowest BCUT2D eigenvalue weighted by molar-refractivity contribution is -0.111. The fourth-order valence-electron chi connectivity index (χ4n) is 2.81. The number of rotatable bonds is 4. The molecule has 6 heteroatoms. The number of nitrogens with one attached hydrogen (secondary N) is 1. The van der Waals surface area contributed by atoms with Crippen LogP contribution in [0, 0.1) is 11.6 Å². The van der Waals surface area contributed by atoms with Crippen molar-refractivity contribution < 1.29 is 18.3 Å². The highest BCUT2D eigenvalue weighted by atomic mass is 79.9. The summed E-state index contributed by atoms with van der Waals surface area (Å²) in [5.74, 6) is -1.17. The van der Waals surface area contributed by atoms with Crippen molar-refractivity contribution in [3.05, 3.63) is 33.8 Å². The Labute approximate surface area is 125 Å². The van der Waals surface area contributed by atoms with Gasteiger partial charge in [0.15, 0.2) is 0 Å². The largest absolute Gasteiger partial charge is 0.381 e. The van der Waals surface area contributed by atoms with E-state index in [2.05, 4.69) is 21.2 Å². The molecule has 20 heavy (non-hydrogen) atoms. The zero-order chi connectivity index (χ0) is 14.8. The molecule has 0 spiro atoms. The van der Waals surface area contributed by atoms with Crippen LogP contribution in [0.15, 0.2) is 16.6 Å². The Morgan fingerprint density at radius 1 is 1.35 bits per heavy atom. The van der Waals surface area contributed by atoms with Crippen LogP contribution in [-0.4, -0.2) is 33.0 Å². The van der Waals surface area contributed by atoms with Gasteiger partial charge in [-0.1, -0.05) is 0 Å². The lowest BCUT2D eigenvalue weighted by atomic mass is 9.81. The average Bonchev–Trinajstić information content (AvgIpc) is 2.48. The lowest BCUT2D eigenvalue weighted by Crippen LogP contribution is -2.49. The number of benzene rings is 1. The number of hydrogen-bond acceptors (Lipinski definition) is 3. The van der Waals surface area contributed by atoms with Gasteiger partial charge in [-0.3, -0.25) is 0 Å². The third-order valence-corrected chi connectivity index (χ3v) is 4.54. The zero-order valence-electron chi connectivity index (χ0n) is 11.5. The monoisotopic (exact) mass is 349 g/mol. The molecule has 1 N–H and O–H groups in total. The second kappa shape index (κ2) is 6.47. The molecule has 1 unspecified atom stereocenters. The summed E-state index contributed by atoms with van der Waals surface area (Å²) in [6.45, 7) is 1.03. The summed E-state index contributed by atoms with van der Waals surface area (Å²) >= 11 is 3.11. The molecule has 1 atom stereocenters. The van der Waals surface area contributed by atoms with Crippen LogP contribution in [-0.2, 0) is 9.47 Å². The molecule has 0 amide bonds. The quantitative estimate of drug-likeness (QED) is 0.847. The maximum atomic E-state index is 14.3. The van der Waals surface area contributed by atoms with Gasteiger partial charge in [0.05, 0.1) is 16.1 Å². The molecule has 1 fully saturated rings. The number of ether oxygens (including phenoxy) is 2. The molecule has 112 valence electrons. The first-order valence-corrected chi connectivity index (χ1v) is 7.28. The molecule has 0 aliphatic carbocycles. The van der Waals surface area contributed by atoms with Crippen LogP contribution in [0.5, 0.6) is 0 Å². The minimum Gasteiger partial charge on any atom is -0.381 e. The second-order valence-electron chi connectivity index (χ2n) is 4.86. The predicted molar refractivity (Wildman–Crippen MR) is 75.7 cm³/mol. The van der Waals surface area contributed by atoms with E-state index in [0.717, 1.165) is 0 Å². The first kappa shape index (κ1) is 15.8. The van der Waals surface area contributed by atoms with Gasteiger partial charge in [0.25, 0.3) is 0 Å². The topological polar surface area (TPSA) is 30.5 Å². The van der Waals surface area contributed by atoms with Crippen LogP contribution in [0.3, 0.4) is 0 Å². The summed E-state index contributed by atoms with van der Waals surface area (Å²) in [7, 11) is 3.25. The first-order chi connectivity index (χ1) is 9.55. The van der Waals surface area contributed by atoms with E-state index in [1.165, 1.54) is 12.1 Å². The minimum atomic E-state index is -0.671. The van der Waals surface area contributed by atoms with Gasteiger partial charge in [0.2, 0.25) is 0 Å². The average molecular weight is 350 g/mol. The Morgan fingerprint density at radius 2 is 2.00 bits per heavy atom. The van der Waals surface area contributed by atoms with Crippen LogP contribution in [0.4, 0.5) is 8.78 Å². The molecule has 1 heterocycles. The number of hydrogen-bond donors (Lipinski definition) is 1. The second-order valence-corrected chi connectivity index (χ2v) is 5.71. The fourth-order valence-corrected chi connectivity index (χ4v) is 3.15. The normalized spacial score (nSPS) is 19.9. The molecule has 1 saturated heterocycles. The molecule has 0 saturated carbocycles. The van der Waals surface area contributed by atoms with Gasteiger partial charge in [0, 0.05) is 38.7 Å². The zero-order valence-corrected chi connectivity index (χ0v) is 13.1. The summed E-state index contributed by atoms with van der Waals surface area (Å²) in [5, 5.41) is 3.01. The van der Waals surface area contributed by atoms with Crippen molar-refractivity contribution in [1.82, 2.24) is 5.32 Å². The van der Waals surface area contributed by atoms with Crippen LogP contribution in [0.1, 0.15) is 24.4 Å². The molecule has 1 aliphatic heterocycles. The molecule has 1 aromatic rings. The highest BCUT2D eigenvalue weighted by Gasteiger charge is 2.43. The fraction of sp³-hybridized carbons (Fsp3) is 0.571. The van der Waals surface area contributed by atoms with E-state index in [-0.39, 0.29) is 10.0 Å². The summed E-state index contributed by atoms with van der Waals surface area (Å²) in [6, 6.07) is 2.05. The highest BCUT2D eigenvalue weighted by molar-refractivity contribution is 9.10. The van der Waals surface area contributed by atoms with E-state index in [1.807, 2.05) is 0 Å². The molecule has 1 aliphatic rings. The summed E-state index contributed by atoms with van der Waals surface area (Å²) in [5.41, 5.74) is -0.666. The molecular weight excluding hydrogens is 332 g/mol. The van der Waals surface area contributed by atoms with E-state index >= 15 is 0 Å². The number of likely N-dealkylation sites (N-methyl/N-ethyl adjacent to an activating group) is 1. The van der Waals surface area contributed by atoms with E-state index in [4.69, 9.17) is 9.47 Å². The van der Waals surface area contributed by atoms with Gasteiger partial charge in [-0.25, -0.2) is 8.78 Å². The maximum Gasteiger partial charge on any atom is 0.145 e. The predicted octanol–water partition coefficient (Wildman–Crippen LogP) is 3.18. The van der Waals surface area contributed by atoms with Gasteiger partial charge in [0.1, 0.15) is 11.6 Å².